The predicted octanol–water partition coefficient (Wildman–Crippen LogP) is 0.708. The Morgan fingerprint density at radius 3 is 2.72 bits per heavy atom. The first-order chi connectivity index (χ1) is 8.50. The molecule has 1 amide bonds. The van der Waals surface area contributed by atoms with Crippen LogP contribution in [0.5, 0.6) is 0 Å². The molecule has 0 radical (unpaired) electrons. The fourth-order valence-electron chi connectivity index (χ4n) is 2.35. The third-order valence-corrected chi connectivity index (χ3v) is 3.59. The van der Waals surface area contributed by atoms with Gasteiger partial charge in [-0.2, -0.15) is 0 Å². The lowest BCUT2D eigenvalue weighted by atomic mass is 10.0. The first kappa shape index (κ1) is 13.1. The van der Waals surface area contributed by atoms with Crippen molar-refractivity contribution in [2.75, 3.05) is 20.1 Å². The Bertz CT molecular complexity index is 459. The standard InChI is InChI=1S/C14H20N2O2/c1-9-4-5-10(2)11(6-9)14(18)16(3)12-7-15-8-13(12)17/h4-6,12-13,15,17H,7-8H2,1-3H3/t12-,13-/m1/s1. The molecule has 4 nitrogen and oxygen atoms in total. The molecule has 2 rings (SSSR count). The minimum Gasteiger partial charge on any atom is -0.390 e. The molecule has 2 N–H and O–H groups in total. The maximum Gasteiger partial charge on any atom is 0.254 e. The molecule has 2 atom stereocenters. The van der Waals surface area contributed by atoms with Gasteiger partial charge in [0, 0.05) is 25.7 Å². The first-order valence-corrected chi connectivity index (χ1v) is 6.24. The fraction of sp³-hybridized carbons (Fsp3) is 0.500. The van der Waals surface area contributed by atoms with Crippen molar-refractivity contribution in [2.24, 2.45) is 0 Å². The van der Waals surface area contributed by atoms with Gasteiger partial charge in [0.25, 0.3) is 5.91 Å². The number of likely N-dealkylation sites (N-methyl/N-ethyl adjacent to an activating group) is 1. The summed E-state index contributed by atoms with van der Waals surface area (Å²) < 4.78 is 0. The van der Waals surface area contributed by atoms with Crippen molar-refractivity contribution in [3.63, 3.8) is 0 Å². The van der Waals surface area contributed by atoms with Crippen LogP contribution in [0.25, 0.3) is 0 Å². The van der Waals surface area contributed by atoms with Gasteiger partial charge in [-0.3, -0.25) is 4.79 Å². The molecule has 0 bridgehead atoms. The topological polar surface area (TPSA) is 52.6 Å². The molecule has 4 heteroatoms. The molecule has 0 aliphatic carbocycles. The zero-order chi connectivity index (χ0) is 13.3. The van der Waals surface area contributed by atoms with Crippen LogP contribution in [0.2, 0.25) is 0 Å². The van der Waals surface area contributed by atoms with Crippen LogP contribution in [0.4, 0.5) is 0 Å². The molecule has 98 valence electrons. The lowest BCUT2D eigenvalue weighted by Crippen LogP contribution is -2.44. The zero-order valence-corrected chi connectivity index (χ0v) is 11.1. The monoisotopic (exact) mass is 248 g/mol. The van der Waals surface area contributed by atoms with Crippen LogP contribution in [-0.2, 0) is 0 Å². The molecule has 1 heterocycles. The number of nitrogens with zero attached hydrogens (tertiary/aromatic N) is 1. The van der Waals surface area contributed by atoms with Crippen LogP contribution < -0.4 is 5.32 Å². The highest BCUT2D eigenvalue weighted by molar-refractivity contribution is 5.96. The summed E-state index contributed by atoms with van der Waals surface area (Å²) in [5.41, 5.74) is 2.76. The van der Waals surface area contributed by atoms with E-state index in [1.165, 1.54) is 0 Å². The largest absolute Gasteiger partial charge is 0.390 e. The van der Waals surface area contributed by atoms with Crippen molar-refractivity contribution < 1.29 is 9.90 Å². The second-order valence-electron chi connectivity index (χ2n) is 5.03. The third-order valence-electron chi connectivity index (χ3n) is 3.59. The average molecular weight is 248 g/mol. The van der Waals surface area contributed by atoms with Crippen molar-refractivity contribution in [2.45, 2.75) is 26.0 Å². The normalized spacial score (nSPS) is 23.1. The molecule has 1 aromatic rings. The van der Waals surface area contributed by atoms with Gasteiger partial charge in [0.15, 0.2) is 0 Å². The number of amides is 1. The van der Waals surface area contributed by atoms with Crippen molar-refractivity contribution in [3.8, 4) is 0 Å². The van der Waals surface area contributed by atoms with Crippen LogP contribution in [0, 0.1) is 13.8 Å². The number of aliphatic hydroxyl groups excluding tert-OH is 1. The van der Waals surface area contributed by atoms with E-state index in [1.54, 1.807) is 11.9 Å². The highest BCUT2D eigenvalue weighted by Gasteiger charge is 2.31. The minimum absolute atomic E-state index is 0.0241. The summed E-state index contributed by atoms with van der Waals surface area (Å²) >= 11 is 0. The molecule has 0 spiro atoms. The highest BCUT2D eigenvalue weighted by atomic mass is 16.3. The Morgan fingerprint density at radius 2 is 2.11 bits per heavy atom. The minimum atomic E-state index is -0.482. The Morgan fingerprint density at radius 1 is 1.39 bits per heavy atom. The predicted molar refractivity (Wildman–Crippen MR) is 70.7 cm³/mol. The summed E-state index contributed by atoms with van der Waals surface area (Å²) in [5, 5.41) is 12.9. The molecular formula is C14H20N2O2. The Labute approximate surface area is 108 Å². The summed E-state index contributed by atoms with van der Waals surface area (Å²) in [4.78, 5) is 14.1. The van der Waals surface area contributed by atoms with E-state index < -0.39 is 6.10 Å². The summed E-state index contributed by atoms with van der Waals surface area (Å²) in [6, 6.07) is 5.72. The number of aryl methyl sites for hydroxylation is 2. The van der Waals surface area contributed by atoms with Gasteiger partial charge in [-0.05, 0) is 25.5 Å². The SMILES string of the molecule is Cc1ccc(C)c(C(=O)N(C)[C@@H]2CNC[C@H]2O)c1. The molecular weight excluding hydrogens is 228 g/mol. The number of nitrogens with one attached hydrogen (secondary N) is 1. The van der Waals surface area contributed by atoms with Gasteiger partial charge < -0.3 is 15.3 Å². The third kappa shape index (κ3) is 2.40. The second kappa shape index (κ2) is 5.08. The van der Waals surface area contributed by atoms with Gasteiger partial charge in [-0.15, -0.1) is 0 Å². The van der Waals surface area contributed by atoms with E-state index in [4.69, 9.17) is 0 Å². The summed E-state index contributed by atoms with van der Waals surface area (Å²) in [6.45, 7) is 5.11. The smallest absolute Gasteiger partial charge is 0.254 e. The van der Waals surface area contributed by atoms with E-state index in [0.717, 1.165) is 16.7 Å². The van der Waals surface area contributed by atoms with Crippen molar-refractivity contribution in [1.82, 2.24) is 10.2 Å². The number of aliphatic hydroxyl groups is 1. The highest BCUT2D eigenvalue weighted by Crippen LogP contribution is 2.16. The number of carbonyl (C=O) groups excluding carboxylic acids is 1. The van der Waals surface area contributed by atoms with E-state index in [9.17, 15) is 9.90 Å². The number of benzene rings is 1. The van der Waals surface area contributed by atoms with Crippen LogP contribution in [0.15, 0.2) is 18.2 Å². The van der Waals surface area contributed by atoms with Crippen molar-refractivity contribution in [3.05, 3.63) is 34.9 Å². The van der Waals surface area contributed by atoms with Gasteiger partial charge in [0.05, 0.1) is 12.1 Å². The van der Waals surface area contributed by atoms with Gasteiger partial charge >= 0.3 is 0 Å². The van der Waals surface area contributed by atoms with Gasteiger partial charge in [-0.1, -0.05) is 17.7 Å². The molecule has 0 unspecified atom stereocenters. The average Bonchev–Trinajstić information content (AvgIpc) is 2.77. The lowest BCUT2D eigenvalue weighted by molar-refractivity contribution is 0.0580. The maximum atomic E-state index is 12.4. The van der Waals surface area contributed by atoms with E-state index >= 15 is 0 Å². The summed E-state index contributed by atoms with van der Waals surface area (Å²) in [7, 11) is 1.75. The Hall–Kier alpha value is -1.39. The molecule has 1 aliphatic heterocycles. The number of hydrogen-bond donors (Lipinski definition) is 2. The quantitative estimate of drug-likeness (QED) is 0.810. The fourth-order valence-corrected chi connectivity index (χ4v) is 2.35. The van der Waals surface area contributed by atoms with E-state index in [-0.39, 0.29) is 11.9 Å². The van der Waals surface area contributed by atoms with Gasteiger partial charge in [-0.25, -0.2) is 0 Å². The van der Waals surface area contributed by atoms with Crippen molar-refractivity contribution in [1.29, 1.82) is 0 Å². The van der Waals surface area contributed by atoms with E-state index in [1.807, 2.05) is 32.0 Å². The van der Waals surface area contributed by atoms with Crippen LogP contribution >= 0.6 is 0 Å². The number of carbonyl (C=O) groups is 1. The maximum absolute atomic E-state index is 12.4. The Balaban J connectivity index is 2.22. The molecule has 18 heavy (non-hydrogen) atoms. The Kier molecular flexibility index (Phi) is 3.68. The molecule has 1 saturated heterocycles. The molecule has 1 aromatic carbocycles. The number of β-amino-alcohol motifs (C(OH)–C–C–N with tert-alkyl or cyclic N) is 1. The van der Waals surface area contributed by atoms with Crippen molar-refractivity contribution >= 4 is 5.91 Å². The number of rotatable bonds is 2. The van der Waals surface area contributed by atoms with Gasteiger partial charge in [0.1, 0.15) is 0 Å². The second-order valence-corrected chi connectivity index (χ2v) is 5.03. The summed E-state index contributed by atoms with van der Waals surface area (Å²) in [5.74, 6) is -0.0241. The first-order valence-electron chi connectivity index (χ1n) is 6.24. The zero-order valence-electron chi connectivity index (χ0n) is 11.1. The lowest BCUT2D eigenvalue weighted by Gasteiger charge is -2.27. The van der Waals surface area contributed by atoms with Gasteiger partial charge in [0.2, 0.25) is 0 Å². The molecule has 1 aliphatic rings. The molecule has 0 aromatic heterocycles. The number of hydrogen-bond acceptors (Lipinski definition) is 3. The molecule has 0 saturated carbocycles. The summed E-state index contributed by atoms with van der Waals surface area (Å²) in [6.07, 6.45) is -0.482. The molecule has 1 fully saturated rings. The van der Waals surface area contributed by atoms with Crippen LogP contribution in [0.1, 0.15) is 21.5 Å². The van der Waals surface area contributed by atoms with Crippen LogP contribution in [-0.4, -0.2) is 48.2 Å². The van der Waals surface area contributed by atoms with Crippen LogP contribution in [0.3, 0.4) is 0 Å². The van der Waals surface area contributed by atoms with E-state index in [0.29, 0.717) is 13.1 Å². The van der Waals surface area contributed by atoms with E-state index in [2.05, 4.69) is 5.32 Å².